The van der Waals surface area contributed by atoms with Crippen molar-refractivity contribution in [2.45, 2.75) is 51.9 Å². The summed E-state index contributed by atoms with van der Waals surface area (Å²) in [5, 5.41) is 9.14. The lowest BCUT2D eigenvalue weighted by Gasteiger charge is -2.38. The summed E-state index contributed by atoms with van der Waals surface area (Å²) in [5.74, 6) is -0.159. The molecule has 3 aromatic rings. The minimum Gasteiger partial charge on any atom is -0.424 e. The van der Waals surface area contributed by atoms with Gasteiger partial charge in [-0.15, -0.1) is 5.10 Å². The fourth-order valence-electron chi connectivity index (χ4n) is 4.95. The van der Waals surface area contributed by atoms with Crippen LogP contribution in [0.1, 0.15) is 44.0 Å². The van der Waals surface area contributed by atoms with Crippen LogP contribution in [0.4, 0.5) is 28.5 Å². The Hall–Kier alpha value is -2.89. The molecule has 0 amide bonds. The van der Waals surface area contributed by atoms with E-state index >= 15 is 0 Å². The molecule has 0 spiro atoms. The van der Waals surface area contributed by atoms with Gasteiger partial charge in [0.05, 0.1) is 17.3 Å². The molecule has 1 aromatic carbocycles. The largest absolute Gasteiger partial charge is 0.424 e. The molecule has 2 bridgehead atoms. The maximum absolute atomic E-state index is 13.8. The van der Waals surface area contributed by atoms with Crippen molar-refractivity contribution in [3.05, 3.63) is 41.3 Å². The van der Waals surface area contributed by atoms with E-state index in [1.165, 1.54) is 21.2 Å². The minimum atomic E-state index is -4.69. The number of piperidine rings is 1. The third kappa shape index (κ3) is 4.93. The van der Waals surface area contributed by atoms with Crippen LogP contribution >= 0.6 is 11.5 Å². The highest BCUT2D eigenvalue weighted by molar-refractivity contribution is 7.10. The number of benzene rings is 1. The molecule has 1 aliphatic carbocycles. The highest BCUT2D eigenvalue weighted by Gasteiger charge is 2.43. The standard InChI is InChI=1S/C23H26F4N6OS/c1-12(2)33-22(34-18-8-16(23(25,26)27)7-17(24)9-18)29-21(30-33)28-20-14-4-5-15(20)11-32(10-14)19-6-13(3)31-35-19/h6-9,12,14-15,20H,4-5,10-11H2,1-3H3,(H,28,30)/t14-,15+,20?. The first-order valence-corrected chi connectivity index (χ1v) is 12.3. The molecular weight excluding hydrogens is 484 g/mol. The van der Waals surface area contributed by atoms with Gasteiger partial charge in [0.1, 0.15) is 16.6 Å². The van der Waals surface area contributed by atoms with E-state index in [0.29, 0.717) is 23.9 Å². The third-order valence-corrected chi connectivity index (χ3v) is 7.50. The molecule has 7 nitrogen and oxygen atoms in total. The van der Waals surface area contributed by atoms with Crippen molar-refractivity contribution in [1.29, 1.82) is 0 Å². The van der Waals surface area contributed by atoms with Crippen LogP contribution in [0.3, 0.4) is 0 Å². The molecule has 2 aliphatic rings. The van der Waals surface area contributed by atoms with Crippen molar-refractivity contribution < 1.29 is 22.3 Å². The van der Waals surface area contributed by atoms with Gasteiger partial charge in [0, 0.05) is 25.2 Å². The Morgan fingerprint density at radius 2 is 1.83 bits per heavy atom. The Morgan fingerprint density at radius 1 is 1.11 bits per heavy atom. The van der Waals surface area contributed by atoms with Gasteiger partial charge in [0.15, 0.2) is 0 Å². The minimum absolute atomic E-state index is 0.00569. The first-order valence-electron chi connectivity index (χ1n) is 11.5. The number of ether oxygens (including phenoxy) is 1. The maximum Gasteiger partial charge on any atom is 0.416 e. The molecule has 1 unspecified atom stereocenters. The van der Waals surface area contributed by atoms with E-state index < -0.39 is 17.6 Å². The average Bonchev–Trinajstić information content (AvgIpc) is 3.43. The molecule has 35 heavy (non-hydrogen) atoms. The maximum atomic E-state index is 13.8. The topological polar surface area (TPSA) is 68.1 Å². The molecule has 0 radical (unpaired) electrons. The van der Waals surface area contributed by atoms with Gasteiger partial charge in [-0.05, 0) is 75.2 Å². The van der Waals surface area contributed by atoms with E-state index in [4.69, 9.17) is 4.74 Å². The summed E-state index contributed by atoms with van der Waals surface area (Å²) in [7, 11) is 0. The summed E-state index contributed by atoms with van der Waals surface area (Å²) >= 11 is 1.52. The summed E-state index contributed by atoms with van der Waals surface area (Å²) in [6, 6.07) is 4.23. The van der Waals surface area contributed by atoms with Crippen LogP contribution in [0, 0.1) is 24.6 Å². The molecule has 1 saturated carbocycles. The number of alkyl halides is 3. The molecule has 3 atom stereocenters. The summed E-state index contributed by atoms with van der Waals surface area (Å²) in [4.78, 5) is 6.80. The third-order valence-electron chi connectivity index (χ3n) is 6.55. The van der Waals surface area contributed by atoms with Gasteiger partial charge < -0.3 is 15.0 Å². The predicted molar refractivity (Wildman–Crippen MR) is 125 cm³/mol. The van der Waals surface area contributed by atoms with E-state index in [9.17, 15) is 17.6 Å². The fraction of sp³-hybridized carbons (Fsp3) is 0.522. The van der Waals surface area contributed by atoms with E-state index in [-0.39, 0.29) is 23.8 Å². The summed E-state index contributed by atoms with van der Waals surface area (Å²) in [6.45, 7) is 7.53. The zero-order valence-corrected chi connectivity index (χ0v) is 20.3. The van der Waals surface area contributed by atoms with Gasteiger partial charge in [-0.3, -0.25) is 0 Å². The second-order valence-corrected chi connectivity index (χ2v) is 10.3. The van der Waals surface area contributed by atoms with Crippen molar-refractivity contribution in [3.8, 4) is 11.8 Å². The van der Waals surface area contributed by atoms with E-state index in [1.54, 1.807) is 0 Å². The molecule has 1 aliphatic heterocycles. The van der Waals surface area contributed by atoms with Crippen molar-refractivity contribution in [3.63, 3.8) is 0 Å². The molecular formula is C23H26F4N6OS. The summed E-state index contributed by atoms with van der Waals surface area (Å²) < 4.78 is 64.6. The number of hydrogen-bond donors (Lipinski definition) is 1. The quantitative estimate of drug-likeness (QED) is 0.417. The summed E-state index contributed by atoms with van der Waals surface area (Å²) in [5.41, 5.74) is -0.102. The molecule has 2 fully saturated rings. The Kier molecular flexibility index (Phi) is 6.10. The SMILES string of the molecule is Cc1cc(N2C[C@H]3CC[C@@H](C2)C3Nc2nc(Oc3cc(F)cc(C(F)(F)F)c3)n(C(C)C)n2)sn1. The molecule has 3 heterocycles. The number of hydrogen-bond acceptors (Lipinski definition) is 7. The van der Waals surface area contributed by atoms with E-state index in [2.05, 4.69) is 30.7 Å². The molecule has 2 aromatic heterocycles. The predicted octanol–water partition coefficient (Wildman–Crippen LogP) is 5.90. The summed E-state index contributed by atoms with van der Waals surface area (Å²) in [6.07, 6.45) is -2.51. The lowest BCUT2D eigenvalue weighted by atomic mass is 9.92. The normalized spacial score (nSPS) is 22.2. The van der Waals surface area contributed by atoms with Crippen molar-refractivity contribution in [2.75, 3.05) is 23.3 Å². The molecule has 1 N–H and O–H groups in total. The van der Waals surface area contributed by atoms with Crippen LogP contribution in [0.15, 0.2) is 24.3 Å². The second-order valence-electron chi connectivity index (χ2n) is 9.51. The Morgan fingerprint density at radius 3 is 2.43 bits per heavy atom. The number of anilines is 2. The first-order chi connectivity index (χ1) is 16.6. The Bertz CT molecular complexity index is 1200. The van der Waals surface area contributed by atoms with Gasteiger partial charge in [0.2, 0.25) is 5.95 Å². The van der Waals surface area contributed by atoms with Gasteiger partial charge in [-0.2, -0.15) is 22.5 Å². The van der Waals surface area contributed by atoms with Crippen LogP contribution in [0.25, 0.3) is 0 Å². The molecule has 12 heteroatoms. The van der Waals surface area contributed by atoms with Crippen molar-refractivity contribution in [1.82, 2.24) is 19.1 Å². The van der Waals surface area contributed by atoms with Gasteiger partial charge >= 0.3 is 12.2 Å². The highest BCUT2D eigenvalue weighted by atomic mass is 32.1. The number of aryl methyl sites for hydroxylation is 1. The van der Waals surface area contributed by atoms with E-state index in [1.807, 2.05) is 20.8 Å². The monoisotopic (exact) mass is 510 g/mol. The Balaban J connectivity index is 1.34. The van der Waals surface area contributed by atoms with Crippen LogP contribution in [0.2, 0.25) is 0 Å². The lowest BCUT2D eigenvalue weighted by Crippen LogP contribution is -2.48. The van der Waals surface area contributed by atoms with Crippen molar-refractivity contribution >= 4 is 22.5 Å². The van der Waals surface area contributed by atoms with Crippen LogP contribution in [-0.4, -0.2) is 38.3 Å². The smallest absolute Gasteiger partial charge is 0.416 e. The molecule has 188 valence electrons. The van der Waals surface area contributed by atoms with Gasteiger partial charge in [0.25, 0.3) is 0 Å². The van der Waals surface area contributed by atoms with Crippen LogP contribution in [0.5, 0.6) is 11.8 Å². The number of aromatic nitrogens is 4. The number of rotatable bonds is 6. The zero-order valence-electron chi connectivity index (χ0n) is 19.5. The zero-order chi connectivity index (χ0) is 24.9. The Labute approximate surface area is 204 Å². The lowest BCUT2D eigenvalue weighted by molar-refractivity contribution is -0.137. The van der Waals surface area contributed by atoms with Crippen LogP contribution < -0.4 is 15.0 Å². The number of nitrogens with zero attached hydrogens (tertiary/aromatic N) is 5. The fourth-order valence-corrected chi connectivity index (χ4v) is 5.73. The number of fused-ring (bicyclic) bond motifs is 2. The van der Waals surface area contributed by atoms with Crippen LogP contribution in [-0.2, 0) is 6.18 Å². The van der Waals surface area contributed by atoms with Gasteiger partial charge in [-0.25, -0.2) is 9.07 Å². The average molecular weight is 511 g/mol. The molecule has 5 rings (SSSR count). The van der Waals surface area contributed by atoms with E-state index in [0.717, 1.165) is 43.8 Å². The first kappa shape index (κ1) is 23.8. The second kappa shape index (κ2) is 8.96. The van der Waals surface area contributed by atoms with Gasteiger partial charge in [-0.1, -0.05) is 0 Å². The number of halogens is 4. The molecule has 1 saturated heterocycles. The number of nitrogens with one attached hydrogen (secondary N) is 1. The highest BCUT2D eigenvalue weighted by Crippen LogP contribution is 2.41. The van der Waals surface area contributed by atoms with Crippen molar-refractivity contribution in [2.24, 2.45) is 11.8 Å².